The lowest BCUT2D eigenvalue weighted by Gasteiger charge is -2.35. The predicted octanol–water partition coefficient (Wildman–Crippen LogP) is 5.14. The Morgan fingerprint density at radius 1 is 1.18 bits per heavy atom. The van der Waals surface area contributed by atoms with Gasteiger partial charge in [-0.15, -0.1) is 0 Å². The molecule has 4 rings (SSSR count). The number of aromatic nitrogens is 3. The van der Waals surface area contributed by atoms with Crippen LogP contribution in [0.15, 0.2) is 35.1 Å². The van der Waals surface area contributed by atoms with Gasteiger partial charge < -0.3 is 19.9 Å². The van der Waals surface area contributed by atoms with Crippen LogP contribution in [0.1, 0.15) is 68.7 Å². The molecule has 0 spiro atoms. The van der Waals surface area contributed by atoms with Crippen LogP contribution in [0, 0.1) is 0 Å². The number of aryl methyl sites for hydroxylation is 1. The zero-order chi connectivity index (χ0) is 29.2. The molecule has 0 amide bonds. The predicted molar refractivity (Wildman–Crippen MR) is 156 cm³/mol. The largest absolute Gasteiger partial charge is 0.481 e. The number of hydrogen-bond donors (Lipinski definition) is 1. The van der Waals surface area contributed by atoms with Crippen LogP contribution in [-0.2, 0) is 13.0 Å². The zero-order valence-corrected chi connectivity index (χ0v) is 24.7. The number of ether oxygens (including phenoxy) is 1. The summed E-state index contributed by atoms with van der Waals surface area (Å²) in [6.07, 6.45) is 1.67. The summed E-state index contributed by atoms with van der Waals surface area (Å²) in [4.78, 5) is 21.9. The minimum Gasteiger partial charge on any atom is -0.481 e. The Morgan fingerprint density at radius 2 is 1.88 bits per heavy atom. The van der Waals surface area contributed by atoms with Gasteiger partial charge in [-0.05, 0) is 84.4 Å². The molecule has 3 aromatic rings. The number of anilines is 1. The first-order valence-electron chi connectivity index (χ1n) is 14.0. The maximum Gasteiger partial charge on any atom is 0.293 e. The van der Waals surface area contributed by atoms with E-state index >= 15 is 0 Å². The first kappa shape index (κ1) is 29.9. The van der Waals surface area contributed by atoms with E-state index in [1.165, 1.54) is 10.7 Å². The highest BCUT2D eigenvalue weighted by Gasteiger charge is 2.32. The van der Waals surface area contributed by atoms with E-state index < -0.39 is 5.92 Å². The molecule has 10 heteroatoms. The van der Waals surface area contributed by atoms with Crippen molar-refractivity contribution in [3.63, 3.8) is 0 Å². The Hall–Kier alpha value is -3.11. The SMILES string of the molecule is COc1nc2c(=O)n(C)nc(N[C@H](C)c3cccc(C(F)(F)CCN(C)C)c3)c2cc1C1CCN(C(C)C)CC1. The number of nitrogens with zero attached hydrogens (tertiary/aromatic N) is 5. The fourth-order valence-electron chi connectivity index (χ4n) is 5.38. The third-order valence-corrected chi connectivity index (χ3v) is 7.95. The van der Waals surface area contributed by atoms with Crippen LogP contribution in [0.5, 0.6) is 5.88 Å². The van der Waals surface area contributed by atoms with Gasteiger partial charge in [0, 0.05) is 37.2 Å². The van der Waals surface area contributed by atoms with Crippen LogP contribution in [0.4, 0.5) is 14.6 Å². The van der Waals surface area contributed by atoms with Crippen LogP contribution in [0.2, 0.25) is 0 Å². The number of nitrogens with one attached hydrogen (secondary N) is 1. The fourth-order valence-corrected chi connectivity index (χ4v) is 5.38. The number of alkyl halides is 2. The van der Waals surface area contributed by atoms with Crippen molar-refractivity contribution in [3.05, 3.63) is 57.4 Å². The third kappa shape index (κ3) is 6.44. The molecule has 1 aliphatic heterocycles. The van der Waals surface area contributed by atoms with E-state index in [0.717, 1.165) is 31.5 Å². The van der Waals surface area contributed by atoms with E-state index in [0.29, 0.717) is 28.7 Å². The lowest BCUT2D eigenvalue weighted by Crippen LogP contribution is -2.38. The third-order valence-electron chi connectivity index (χ3n) is 7.95. The van der Waals surface area contributed by atoms with Crippen molar-refractivity contribution in [1.29, 1.82) is 0 Å². The van der Waals surface area contributed by atoms with Crippen LogP contribution < -0.4 is 15.6 Å². The van der Waals surface area contributed by atoms with E-state index in [2.05, 4.69) is 34.1 Å². The van der Waals surface area contributed by atoms with Crippen molar-refractivity contribution in [3.8, 4) is 5.88 Å². The molecule has 1 aliphatic rings. The van der Waals surface area contributed by atoms with Gasteiger partial charge in [0.05, 0.1) is 18.5 Å². The van der Waals surface area contributed by atoms with Crippen molar-refractivity contribution >= 4 is 16.7 Å². The molecule has 218 valence electrons. The van der Waals surface area contributed by atoms with Gasteiger partial charge in [0.2, 0.25) is 5.88 Å². The molecule has 0 saturated carbocycles. The molecule has 1 fully saturated rings. The summed E-state index contributed by atoms with van der Waals surface area (Å²) in [6.45, 7) is 8.56. The summed E-state index contributed by atoms with van der Waals surface area (Å²) in [5, 5.41) is 8.49. The fraction of sp³-hybridized carbons (Fsp3) is 0.567. The Bertz CT molecular complexity index is 1380. The summed E-state index contributed by atoms with van der Waals surface area (Å²) in [5.74, 6) is -1.75. The molecular formula is C30H42F2N6O2. The maximum atomic E-state index is 14.9. The number of pyridine rings is 1. The van der Waals surface area contributed by atoms with E-state index in [9.17, 15) is 13.6 Å². The molecule has 8 nitrogen and oxygen atoms in total. The molecule has 0 radical (unpaired) electrons. The zero-order valence-electron chi connectivity index (χ0n) is 24.7. The topological polar surface area (TPSA) is 75.5 Å². The standard InChI is InChI=1S/C30H42F2N6O2/c1-19(2)38-14-11-21(12-15-38)24-18-25-26(34-28(24)40-7)29(39)37(6)35-27(25)33-20(3)22-9-8-10-23(17-22)30(31,32)13-16-36(4)5/h8-10,17-21H,11-16H2,1-7H3,(H,33,35)/t20-/m1/s1. The van der Waals surface area contributed by atoms with Gasteiger partial charge in [-0.2, -0.15) is 5.10 Å². The summed E-state index contributed by atoms with van der Waals surface area (Å²) in [5.41, 5.74) is 1.59. The second-order valence-corrected chi connectivity index (χ2v) is 11.4. The van der Waals surface area contributed by atoms with E-state index in [1.807, 2.05) is 19.1 Å². The normalized spacial score (nSPS) is 16.2. The summed E-state index contributed by atoms with van der Waals surface area (Å²) in [6, 6.07) is 8.62. The van der Waals surface area contributed by atoms with Gasteiger partial charge in [-0.25, -0.2) is 18.4 Å². The minimum atomic E-state index is -2.94. The Labute approximate surface area is 235 Å². The molecule has 0 aliphatic carbocycles. The quantitative estimate of drug-likeness (QED) is 0.371. The number of likely N-dealkylation sites (tertiary alicyclic amines) is 1. The van der Waals surface area contributed by atoms with Gasteiger partial charge in [-0.1, -0.05) is 18.2 Å². The molecule has 1 atom stereocenters. The lowest BCUT2D eigenvalue weighted by atomic mass is 9.89. The molecular weight excluding hydrogens is 514 g/mol. The second-order valence-electron chi connectivity index (χ2n) is 11.4. The highest BCUT2D eigenvalue weighted by molar-refractivity contribution is 5.89. The van der Waals surface area contributed by atoms with Gasteiger partial charge in [0.15, 0.2) is 5.82 Å². The first-order valence-corrected chi connectivity index (χ1v) is 14.0. The first-order chi connectivity index (χ1) is 18.9. The maximum absolute atomic E-state index is 14.9. The minimum absolute atomic E-state index is 0.0137. The number of halogens is 2. The molecule has 0 unspecified atom stereocenters. The molecule has 40 heavy (non-hydrogen) atoms. The monoisotopic (exact) mass is 556 g/mol. The summed E-state index contributed by atoms with van der Waals surface area (Å²) >= 11 is 0. The summed E-state index contributed by atoms with van der Waals surface area (Å²) < 4.78 is 36.8. The number of piperidine rings is 1. The van der Waals surface area contributed by atoms with Gasteiger partial charge >= 0.3 is 0 Å². The highest BCUT2D eigenvalue weighted by atomic mass is 19.3. The molecule has 1 N–H and O–H groups in total. The van der Waals surface area contributed by atoms with Gasteiger partial charge in [0.1, 0.15) is 5.52 Å². The van der Waals surface area contributed by atoms with Crippen molar-refractivity contribution in [2.24, 2.45) is 7.05 Å². The smallest absolute Gasteiger partial charge is 0.293 e. The molecule has 2 aromatic heterocycles. The van der Waals surface area contributed by atoms with Crippen LogP contribution in [-0.4, -0.2) is 71.4 Å². The number of hydrogen-bond acceptors (Lipinski definition) is 7. The number of fused-ring (bicyclic) bond motifs is 1. The number of rotatable bonds is 10. The second kappa shape index (κ2) is 12.2. The Balaban J connectivity index is 1.68. The van der Waals surface area contributed by atoms with Crippen molar-refractivity contribution in [2.45, 2.75) is 64.0 Å². The average Bonchev–Trinajstić information content (AvgIpc) is 2.94. The molecule has 1 aromatic carbocycles. The molecule has 3 heterocycles. The number of methoxy groups -OCH3 is 1. The Kier molecular flexibility index (Phi) is 9.09. The lowest BCUT2D eigenvalue weighted by molar-refractivity contribution is -0.0188. The average molecular weight is 557 g/mol. The van der Waals surface area contributed by atoms with Gasteiger partial charge in [0.25, 0.3) is 11.5 Å². The van der Waals surface area contributed by atoms with Crippen molar-refractivity contribution < 1.29 is 13.5 Å². The Morgan fingerprint density at radius 3 is 2.50 bits per heavy atom. The van der Waals surface area contributed by atoms with Crippen LogP contribution in [0.3, 0.4) is 0 Å². The number of benzene rings is 1. The van der Waals surface area contributed by atoms with Gasteiger partial charge in [-0.3, -0.25) is 4.79 Å². The van der Waals surface area contributed by atoms with Crippen LogP contribution in [0.25, 0.3) is 10.9 Å². The van der Waals surface area contributed by atoms with E-state index in [4.69, 9.17) is 4.74 Å². The molecule has 0 bridgehead atoms. The summed E-state index contributed by atoms with van der Waals surface area (Å²) in [7, 11) is 6.73. The van der Waals surface area contributed by atoms with Crippen molar-refractivity contribution in [2.75, 3.05) is 46.2 Å². The van der Waals surface area contributed by atoms with Crippen LogP contribution >= 0.6 is 0 Å². The van der Waals surface area contributed by atoms with E-state index in [1.54, 1.807) is 45.3 Å². The molecule has 1 saturated heterocycles. The van der Waals surface area contributed by atoms with Crippen molar-refractivity contribution in [1.82, 2.24) is 24.6 Å². The van der Waals surface area contributed by atoms with E-state index in [-0.39, 0.29) is 41.6 Å². The highest BCUT2D eigenvalue weighted by Crippen LogP contribution is 2.37.